The molecular formula is C13H19N3O3. The van der Waals surface area contributed by atoms with Gasteiger partial charge >= 0.3 is 0 Å². The molecule has 1 saturated heterocycles. The van der Waals surface area contributed by atoms with E-state index in [1.165, 1.54) is 13.2 Å². The molecule has 1 aromatic rings. The maximum atomic E-state index is 10.9. The van der Waals surface area contributed by atoms with Gasteiger partial charge in [0, 0.05) is 36.4 Å². The van der Waals surface area contributed by atoms with Crippen molar-refractivity contribution < 1.29 is 9.66 Å². The lowest BCUT2D eigenvalue weighted by Gasteiger charge is -2.38. The van der Waals surface area contributed by atoms with E-state index in [-0.39, 0.29) is 17.8 Å². The second kappa shape index (κ2) is 5.44. The second-order valence-corrected chi connectivity index (χ2v) is 4.97. The molecule has 6 heteroatoms. The molecule has 104 valence electrons. The van der Waals surface area contributed by atoms with Gasteiger partial charge in [0.1, 0.15) is 5.75 Å². The summed E-state index contributed by atoms with van der Waals surface area (Å²) in [6.07, 6.45) is 1.79. The lowest BCUT2D eigenvalue weighted by molar-refractivity contribution is -0.384. The fourth-order valence-electron chi connectivity index (χ4n) is 2.55. The smallest absolute Gasteiger partial charge is 0.275 e. The molecule has 1 aliphatic heterocycles. The number of nitro benzene ring substituents is 1. The van der Waals surface area contributed by atoms with E-state index in [0.717, 1.165) is 25.1 Å². The average Bonchev–Trinajstić information content (AvgIpc) is 2.38. The van der Waals surface area contributed by atoms with Crippen LogP contribution in [0.2, 0.25) is 0 Å². The van der Waals surface area contributed by atoms with Gasteiger partial charge in [0.2, 0.25) is 0 Å². The highest BCUT2D eigenvalue weighted by atomic mass is 16.6. The van der Waals surface area contributed by atoms with E-state index >= 15 is 0 Å². The monoisotopic (exact) mass is 265 g/mol. The minimum absolute atomic E-state index is 0.0522. The number of rotatable bonds is 3. The van der Waals surface area contributed by atoms with E-state index < -0.39 is 4.92 Å². The highest BCUT2D eigenvalue weighted by molar-refractivity contribution is 5.58. The van der Waals surface area contributed by atoms with E-state index in [2.05, 4.69) is 11.8 Å². The number of piperidine rings is 1. The number of benzene rings is 1. The maximum Gasteiger partial charge on any atom is 0.275 e. The molecule has 0 radical (unpaired) electrons. The number of methoxy groups -OCH3 is 1. The number of non-ortho nitro benzene ring substituents is 1. The van der Waals surface area contributed by atoms with Gasteiger partial charge in [0.15, 0.2) is 0 Å². The van der Waals surface area contributed by atoms with Gasteiger partial charge in [-0.1, -0.05) is 0 Å². The number of ether oxygens (including phenoxy) is 1. The Bertz CT molecular complexity index is 478. The van der Waals surface area contributed by atoms with Crippen LogP contribution in [0.4, 0.5) is 11.4 Å². The average molecular weight is 265 g/mol. The van der Waals surface area contributed by atoms with Gasteiger partial charge < -0.3 is 15.4 Å². The van der Waals surface area contributed by atoms with Crippen LogP contribution in [-0.4, -0.2) is 30.7 Å². The Kier molecular flexibility index (Phi) is 3.90. The van der Waals surface area contributed by atoms with Gasteiger partial charge in [-0.3, -0.25) is 10.1 Å². The molecule has 1 aliphatic rings. The van der Waals surface area contributed by atoms with Gasteiger partial charge in [0.05, 0.1) is 18.1 Å². The molecule has 2 atom stereocenters. The van der Waals surface area contributed by atoms with Crippen LogP contribution in [0.5, 0.6) is 5.75 Å². The fourth-order valence-corrected chi connectivity index (χ4v) is 2.55. The third kappa shape index (κ3) is 2.96. The first-order valence-corrected chi connectivity index (χ1v) is 6.37. The van der Waals surface area contributed by atoms with E-state index in [0.29, 0.717) is 5.75 Å². The minimum atomic E-state index is -0.396. The van der Waals surface area contributed by atoms with Gasteiger partial charge in [-0.05, 0) is 19.8 Å². The highest BCUT2D eigenvalue weighted by Gasteiger charge is 2.25. The van der Waals surface area contributed by atoms with Crippen LogP contribution in [-0.2, 0) is 0 Å². The van der Waals surface area contributed by atoms with E-state index in [1.54, 1.807) is 6.07 Å². The van der Waals surface area contributed by atoms with Crippen LogP contribution >= 0.6 is 0 Å². The van der Waals surface area contributed by atoms with Crippen molar-refractivity contribution in [3.63, 3.8) is 0 Å². The lowest BCUT2D eigenvalue weighted by atomic mass is 9.98. The zero-order chi connectivity index (χ0) is 14.0. The second-order valence-electron chi connectivity index (χ2n) is 4.97. The van der Waals surface area contributed by atoms with Gasteiger partial charge in [-0.15, -0.1) is 0 Å². The Morgan fingerprint density at radius 1 is 1.47 bits per heavy atom. The normalized spacial score (nSPS) is 23.2. The zero-order valence-corrected chi connectivity index (χ0v) is 11.2. The predicted octanol–water partition coefficient (Wildman–Crippen LogP) is 1.92. The number of hydrogen-bond acceptors (Lipinski definition) is 5. The molecule has 6 nitrogen and oxygen atoms in total. The minimum Gasteiger partial charge on any atom is -0.496 e. The predicted molar refractivity (Wildman–Crippen MR) is 73.7 cm³/mol. The third-order valence-corrected chi connectivity index (χ3v) is 3.57. The number of nitro groups is 1. The number of nitrogens with zero attached hydrogens (tertiary/aromatic N) is 2. The summed E-state index contributed by atoms with van der Waals surface area (Å²) in [6.45, 7) is 2.90. The summed E-state index contributed by atoms with van der Waals surface area (Å²) in [6, 6.07) is 5.35. The van der Waals surface area contributed by atoms with Crippen molar-refractivity contribution in [3.05, 3.63) is 28.3 Å². The lowest BCUT2D eigenvalue weighted by Crippen LogP contribution is -2.45. The standard InChI is InChI=1S/C13H19N3O3/c1-9-5-10(14)3-4-15(9)11-6-12(16(17)18)8-13(7-11)19-2/h6-10H,3-5,14H2,1-2H3. The van der Waals surface area contributed by atoms with Gasteiger partial charge in [-0.2, -0.15) is 0 Å². The van der Waals surface area contributed by atoms with Crippen LogP contribution in [0.1, 0.15) is 19.8 Å². The Morgan fingerprint density at radius 2 is 2.21 bits per heavy atom. The molecule has 1 aromatic carbocycles. The quantitative estimate of drug-likeness (QED) is 0.667. The van der Waals surface area contributed by atoms with Gasteiger partial charge in [-0.25, -0.2) is 0 Å². The molecule has 0 aliphatic carbocycles. The summed E-state index contributed by atoms with van der Waals surface area (Å²) >= 11 is 0. The van der Waals surface area contributed by atoms with Crippen LogP contribution in [0.15, 0.2) is 18.2 Å². The Balaban J connectivity index is 2.33. The van der Waals surface area contributed by atoms with Crippen molar-refractivity contribution in [2.24, 2.45) is 5.73 Å². The summed E-state index contributed by atoms with van der Waals surface area (Å²) in [5.41, 5.74) is 6.82. The molecule has 0 spiro atoms. The molecule has 2 N–H and O–H groups in total. The molecular weight excluding hydrogens is 246 g/mol. The summed E-state index contributed by atoms with van der Waals surface area (Å²) in [4.78, 5) is 12.7. The largest absolute Gasteiger partial charge is 0.496 e. The van der Waals surface area contributed by atoms with Crippen molar-refractivity contribution >= 4 is 11.4 Å². The topological polar surface area (TPSA) is 81.6 Å². The SMILES string of the molecule is COc1cc(N2CCC(N)CC2C)cc([N+](=O)[O-])c1. The maximum absolute atomic E-state index is 10.9. The first-order chi connectivity index (χ1) is 9.01. The fraction of sp³-hybridized carbons (Fsp3) is 0.538. The van der Waals surface area contributed by atoms with Crippen LogP contribution < -0.4 is 15.4 Å². The van der Waals surface area contributed by atoms with Crippen molar-refractivity contribution in [2.75, 3.05) is 18.6 Å². The Morgan fingerprint density at radius 3 is 2.79 bits per heavy atom. The van der Waals surface area contributed by atoms with E-state index in [1.807, 2.05) is 6.07 Å². The number of anilines is 1. The van der Waals surface area contributed by atoms with Gasteiger partial charge in [0.25, 0.3) is 5.69 Å². The molecule has 0 amide bonds. The first kappa shape index (κ1) is 13.6. The van der Waals surface area contributed by atoms with Crippen molar-refractivity contribution in [1.82, 2.24) is 0 Å². The van der Waals surface area contributed by atoms with E-state index in [9.17, 15) is 10.1 Å². The van der Waals surface area contributed by atoms with Crippen molar-refractivity contribution in [2.45, 2.75) is 31.8 Å². The Labute approximate surface area is 112 Å². The summed E-state index contributed by atoms with van der Waals surface area (Å²) in [5, 5.41) is 10.9. The van der Waals surface area contributed by atoms with Crippen LogP contribution in [0, 0.1) is 10.1 Å². The molecule has 19 heavy (non-hydrogen) atoms. The number of nitrogens with two attached hydrogens (primary N) is 1. The molecule has 0 aromatic heterocycles. The summed E-state index contributed by atoms with van der Waals surface area (Å²) in [5.74, 6) is 0.506. The van der Waals surface area contributed by atoms with Crippen LogP contribution in [0.3, 0.4) is 0 Å². The third-order valence-electron chi connectivity index (χ3n) is 3.57. The van der Waals surface area contributed by atoms with Crippen molar-refractivity contribution in [3.8, 4) is 5.75 Å². The summed E-state index contributed by atoms with van der Waals surface area (Å²) < 4.78 is 5.14. The first-order valence-electron chi connectivity index (χ1n) is 6.37. The van der Waals surface area contributed by atoms with Crippen molar-refractivity contribution in [1.29, 1.82) is 0 Å². The Hall–Kier alpha value is -1.82. The zero-order valence-electron chi connectivity index (χ0n) is 11.2. The molecule has 0 bridgehead atoms. The summed E-state index contributed by atoms with van der Waals surface area (Å²) in [7, 11) is 1.51. The highest BCUT2D eigenvalue weighted by Crippen LogP contribution is 2.31. The molecule has 1 heterocycles. The molecule has 2 rings (SSSR count). The number of hydrogen-bond donors (Lipinski definition) is 1. The molecule has 1 fully saturated rings. The molecule has 0 saturated carbocycles. The molecule has 2 unspecified atom stereocenters. The van der Waals surface area contributed by atoms with Crippen LogP contribution in [0.25, 0.3) is 0 Å². The van der Waals surface area contributed by atoms with E-state index in [4.69, 9.17) is 10.5 Å².